The highest BCUT2D eigenvalue weighted by Gasteiger charge is 2.55. The Bertz CT molecular complexity index is 967. The van der Waals surface area contributed by atoms with E-state index in [-0.39, 0.29) is 23.1 Å². The number of benzene rings is 1. The summed E-state index contributed by atoms with van der Waals surface area (Å²) in [7, 11) is 0. The Morgan fingerprint density at radius 3 is 2.75 bits per heavy atom. The second kappa shape index (κ2) is 4.91. The molecule has 1 aromatic heterocycles. The van der Waals surface area contributed by atoms with Crippen molar-refractivity contribution in [2.24, 2.45) is 5.92 Å². The van der Waals surface area contributed by atoms with Crippen molar-refractivity contribution in [3.8, 4) is 11.1 Å². The fourth-order valence-electron chi connectivity index (χ4n) is 3.63. The van der Waals surface area contributed by atoms with Gasteiger partial charge in [0.05, 0.1) is 10.5 Å². The van der Waals surface area contributed by atoms with Crippen LogP contribution in [0.5, 0.6) is 0 Å². The van der Waals surface area contributed by atoms with Crippen LogP contribution >= 0.6 is 11.6 Å². The molecule has 122 valence electrons. The number of nitro groups is 1. The van der Waals surface area contributed by atoms with E-state index in [1.54, 1.807) is 6.07 Å². The molecule has 2 aromatic rings. The van der Waals surface area contributed by atoms with Gasteiger partial charge >= 0.3 is 5.97 Å². The average molecular weight is 347 g/mol. The molecule has 1 aliphatic heterocycles. The summed E-state index contributed by atoms with van der Waals surface area (Å²) in [5.74, 6) is -1.07. The van der Waals surface area contributed by atoms with Crippen LogP contribution in [-0.2, 0) is 4.79 Å². The Kier molecular flexibility index (Phi) is 3.05. The van der Waals surface area contributed by atoms with Crippen molar-refractivity contribution in [1.82, 2.24) is 4.57 Å². The lowest BCUT2D eigenvalue weighted by Gasteiger charge is -2.15. The first-order chi connectivity index (χ1) is 11.4. The molecule has 24 heavy (non-hydrogen) atoms. The fourth-order valence-corrected chi connectivity index (χ4v) is 3.80. The van der Waals surface area contributed by atoms with E-state index in [9.17, 15) is 24.8 Å². The second-order valence-electron chi connectivity index (χ2n) is 6.08. The number of halogens is 1. The standard InChI is InChI=1S/C16H11ClN2O5/c17-8-1-2-12(19(23)24)9(5-8)7-3-13-10-6-11(10)15(16(21)22)18(13)14(20)4-7/h1-5,10-11,15H,6H2,(H,21,22)/t10-,11+,15+/m1/s1. The number of fused-ring (bicyclic) bond motifs is 3. The summed E-state index contributed by atoms with van der Waals surface area (Å²) < 4.78 is 1.29. The SMILES string of the molecule is O=C(O)[C@@H]1[C@H]2C[C@H]2c2cc(-c3cc(Cl)ccc3[N+](=O)[O-])cc(=O)n21. The van der Waals surface area contributed by atoms with Crippen molar-refractivity contribution < 1.29 is 14.8 Å². The molecule has 0 saturated heterocycles. The minimum absolute atomic E-state index is 0.0250. The van der Waals surface area contributed by atoms with Crippen LogP contribution in [0.3, 0.4) is 0 Å². The molecule has 8 heteroatoms. The average Bonchev–Trinajstić information content (AvgIpc) is 3.22. The van der Waals surface area contributed by atoms with Crippen LogP contribution in [0.4, 0.5) is 5.69 Å². The van der Waals surface area contributed by atoms with Gasteiger partial charge in [-0.15, -0.1) is 0 Å². The Balaban J connectivity index is 1.92. The summed E-state index contributed by atoms with van der Waals surface area (Å²) in [4.78, 5) is 34.6. The zero-order valence-electron chi connectivity index (χ0n) is 12.2. The lowest BCUT2D eigenvalue weighted by atomic mass is 10.0. The molecular formula is C16H11ClN2O5. The van der Waals surface area contributed by atoms with E-state index in [2.05, 4.69) is 0 Å². The number of carboxylic acids is 1. The Labute approximate surface area is 140 Å². The molecule has 0 bridgehead atoms. The quantitative estimate of drug-likeness (QED) is 0.680. The van der Waals surface area contributed by atoms with Gasteiger partial charge in [-0.2, -0.15) is 0 Å². The lowest BCUT2D eigenvalue weighted by molar-refractivity contribution is -0.384. The number of nitro benzene ring substituents is 1. The van der Waals surface area contributed by atoms with E-state index in [1.165, 1.54) is 28.8 Å². The van der Waals surface area contributed by atoms with Crippen LogP contribution in [0.15, 0.2) is 35.1 Å². The van der Waals surface area contributed by atoms with E-state index in [0.717, 1.165) is 6.42 Å². The van der Waals surface area contributed by atoms with E-state index in [4.69, 9.17) is 11.6 Å². The number of aromatic nitrogens is 1. The molecule has 3 atom stereocenters. The smallest absolute Gasteiger partial charge is 0.327 e. The van der Waals surface area contributed by atoms with E-state index in [1.807, 2.05) is 0 Å². The van der Waals surface area contributed by atoms with Crippen LogP contribution in [0, 0.1) is 16.0 Å². The first-order valence-corrected chi connectivity index (χ1v) is 7.70. The van der Waals surface area contributed by atoms with E-state index < -0.39 is 22.5 Å². The van der Waals surface area contributed by atoms with Crippen molar-refractivity contribution >= 4 is 23.3 Å². The van der Waals surface area contributed by atoms with Crippen LogP contribution in [0.2, 0.25) is 5.02 Å². The third-order valence-electron chi connectivity index (χ3n) is 4.72. The van der Waals surface area contributed by atoms with Crippen LogP contribution in [0.1, 0.15) is 24.1 Å². The van der Waals surface area contributed by atoms with Crippen LogP contribution in [-0.4, -0.2) is 20.6 Å². The van der Waals surface area contributed by atoms with Gasteiger partial charge in [0, 0.05) is 28.8 Å². The van der Waals surface area contributed by atoms with Gasteiger partial charge in [0.1, 0.15) is 6.04 Å². The molecule has 0 amide bonds. The molecule has 2 heterocycles. The molecule has 0 spiro atoms. The molecule has 1 fully saturated rings. The van der Waals surface area contributed by atoms with Crippen LogP contribution in [0.25, 0.3) is 11.1 Å². The number of rotatable bonds is 3. The molecule has 0 radical (unpaired) electrons. The maximum Gasteiger partial charge on any atom is 0.327 e. The van der Waals surface area contributed by atoms with Crippen molar-refractivity contribution in [2.75, 3.05) is 0 Å². The summed E-state index contributed by atoms with van der Waals surface area (Å²) in [6.07, 6.45) is 0.720. The highest BCUT2D eigenvalue weighted by molar-refractivity contribution is 6.31. The van der Waals surface area contributed by atoms with Gasteiger partial charge in [-0.25, -0.2) is 4.79 Å². The minimum atomic E-state index is -1.02. The lowest BCUT2D eigenvalue weighted by Crippen LogP contribution is -2.29. The number of hydrogen-bond donors (Lipinski definition) is 1. The summed E-state index contributed by atoms with van der Waals surface area (Å²) >= 11 is 5.95. The minimum Gasteiger partial charge on any atom is -0.480 e. The molecule has 1 N–H and O–H groups in total. The summed E-state index contributed by atoms with van der Waals surface area (Å²) in [6.45, 7) is 0. The van der Waals surface area contributed by atoms with E-state index >= 15 is 0 Å². The number of aliphatic carboxylic acids is 1. The normalized spacial score (nSPS) is 23.5. The third kappa shape index (κ3) is 2.05. The molecular weight excluding hydrogens is 336 g/mol. The summed E-state index contributed by atoms with van der Waals surface area (Å²) in [6, 6.07) is 6.22. The molecule has 4 rings (SSSR count). The molecule has 1 aromatic carbocycles. The zero-order chi connectivity index (χ0) is 17.2. The first kappa shape index (κ1) is 14.9. The van der Waals surface area contributed by atoms with Crippen LogP contribution < -0.4 is 5.56 Å². The third-order valence-corrected chi connectivity index (χ3v) is 4.96. The number of pyridine rings is 1. The van der Waals surface area contributed by atoms with Gasteiger partial charge in [-0.05, 0) is 36.1 Å². The van der Waals surface area contributed by atoms with Gasteiger partial charge in [0.25, 0.3) is 11.2 Å². The number of nitrogens with zero attached hydrogens (tertiary/aromatic N) is 2. The monoisotopic (exact) mass is 346 g/mol. The van der Waals surface area contributed by atoms with Crippen molar-refractivity contribution in [3.63, 3.8) is 0 Å². The van der Waals surface area contributed by atoms with Crippen molar-refractivity contribution in [1.29, 1.82) is 0 Å². The van der Waals surface area contributed by atoms with Gasteiger partial charge in [-0.1, -0.05) is 11.6 Å². The van der Waals surface area contributed by atoms with Crippen molar-refractivity contribution in [2.45, 2.75) is 18.4 Å². The van der Waals surface area contributed by atoms with Crippen molar-refractivity contribution in [3.05, 3.63) is 61.5 Å². The summed E-state index contributed by atoms with van der Waals surface area (Å²) in [5.41, 5.74) is 0.658. The highest BCUT2D eigenvalue weighted by Crippen LogP contribution is 2.59. The number of hydrogen-bond acceptors (Lipinski definition) is 4. The highest BCUT2D eigenvalue weighted by atomic mass is 35.5. The molecule has 1 saturated carbocycles. The van der Waals surface area contributed by atoms with Gasteiger partial charge in [0.15, 0.2) is 0 Å². The molecule has 2 aliphatic rings. The number of carboxylic acid groups (broad SMARTS) is 1. The fraction of sp³-hybridized carbons (Fsp3) is 0.250. The topological polar surface area (TPSA) is 102 Å². The molecule has 1 aliphatic carbocycles. The maximum absolute atomic E-state index is 12.4. The zero-order valence-corrected chi connectivity index (χ0v) is 12.9. The largest absolute Gasteiger partial charge is 0.480 e. The predicted molar refractivity (Wildman–Crippen MR) is 85.3 cm³/mol. The summed E-state index contributed by atoms with van der Waals surface area (Å²) in [5, 5.41) is 20.9. The molecule has 0 unspecified atom stereocenters. The number of carbonyl (C=O) groups is 1. The Hall–Kier alpha value is -2.67. The second-order valence-corrected chi connectivity index (χ2v) is 6.52. The maximum atomic E-state index is 12.4. The van der Waals surface area contributed by atoms with Gasteiger partial charge < -0.3 is 5.11 Å². The first-order valence-electron chi connectivity index (χ1n) is 7.32. The molecule has 7 nitrogen and oxygen atoms in total. The Morgan fingerprint density at radius 2 is 2.08 bits per heavy atom. The van der Waals surface area contributed by atoms with E-state index in [0.29, 0.717) is 16.3 Å². The Morgan fingerprint density at radius 1 is 1.33 bits per heavy atom. The van der Waals surface area contributed by atoms with Gasteiger partial charge in [0.2, 0.25) is 0 Å². The van der Waals surface area contributed by atoms with Gasteiger partial charge in [-0.3, -0.25) is 19.5 Å². The predicted octanol–water partition coefficient (Wildman–Crippen LogP) is 2.82.